The average molecular weight is 351 g/mol. The third kappa shape index (κ3) is 3.97. The first-order chi connectivity index (χ1) is 12.0. The molecule has 1 aromatic heterocycles. The molecule has 0 aliphatic rings. The fourth-order valence-corrected chi connectivity index (χ4v) is 3.05. The third-order valence-electron chi connectivity index (χ3n) is 3.55. The molecule has 2 aromatic carbocycles. The monoisotopic (exact) mass is 351 g/mol. The lowest BCUT2D eigenvalue weighted by Crippen LogP contribution is -2.16. The Morgan fingerprint density at radius 2 is 1.84 bits per heavy atom. The van der Waals surface area contributed by atoms with Gasteiger partial charge in [0.1, 0.15) is 0 Å². The Kier molecular flexibility index (Phi) is 5.00. The number of nitrogens with zero attached hydrogens (tertiary/aromatic N) is 2. The third-order valence-corrected chi connectivity index (χ3v) is 4.58. The number of hydrogen-bond donors (Lipinski definition) is 1. The van der Waals surface area contributed by atoms with Gasteiger partial charge in [-0.25, -0.2) is 0 Å². The Morgan fingerprint density at radius 1 is 1.04 bits per heavy atom. The number of rotatable bonds is 3. The number of pyridine rings is 1. The number of nitrogens with one attached hydrogen (secondary N) is 1. The molecule has 0 spiro atoms. The van der Waals surface area contributed by atoms with Crippen molar-refractivity contribution < 1.29 is 9.59 Å². The molecule has 0 aliphatic heterocycles. The van der Waals surface area contributed by atoms with Crippen molar-refractivity contribution in [2.45, 2.75) is 4.90 Å². The van der Waals surface area contributed by atoms with Crippen LogP contribution in [0.2, 0.25) is 0 Å². The lowest BCUT2D eigenvalue weighted by molar-refractivity contribution is 0.102. The van der Waals surface area contributed by atoms with E-state index in [0.29, 0.717) is 11.3 Å². The normalized spacial score (nSPS) is 10.5. The molecule has 1 N–H and O–H groups in total. The van der Waals surface area contributed by atoms with Gasteiger partial charge in [-0.2, -0.15) is 0 Å². The number of amides is 2. The standard InChI is InChI=1S/C19H17N3O2S/c1-22(2)19(24)25-14-7-3-6-13(12-14)21-18(23)16-8-4-10-17-15(16)9-5-11-20-17/h3-12H,1-2H3,(H,21,23). The van der Waals surface area contributed by atoms with Gasteiger partial charge in [0, 0.05) is 41.8 Å². The zero-order valence-electron chi connectivity index (χ0n) is 13.9. The summed E-state index contributed by atoms with van der Waals surface area (Å²) in [5, 5.41) is 3.62. The van der Waals surface area contributed by atoms with Crippen LogP contribution in [0.15, 0.2) is 65.7 Å². The number of fused-ring (bicyclic) bond motifs is 1. The highest BCUT2D eigenvalue weighted by atomic mass is 32.2. The van der Waals surface area contributed by atoms with Crippen molar-refractivity contribution in [3.05, 3.63) is 66.4 Å². The predicted octanol–water partition coefficient (Wildman–Crippen LogP) is 4.26. The van der Waals surface area contributed by atoms with Crippen molar-refractivity contribution in [3.8, 4) is 0 Å². The van der Waals surface area contributed by atoms with Crippen molar-refractivity contribution in [2.75, 3.05) is 19.4 Å². The van der Waals surface area contributed by atoms with Gasteiger partial charge in [0.05, 0.1) is 5.52 Å². The lowest BCUT2D eigenvalue weighted by atomic mass is 10.1. The number of hydrogen-bond acceptors (Lipinski definition) is 4. The molecule has 0 bridgehead atoms. The maximum atomic E-state index is 12.6. The fraction of sp³-hybridized carbons (Fsp3) is 0.105. The van der Waals surface area contributed by atoms with E-state index in [1.54, 1.807) is 38.5 Å². The second-order valence-corrected chi connectivity index (χ2v) is 6.64. The Morgan fingerprint density at radius 3 is 2.64 bits per heavy atom. The summed E-state index contributed by atoms with van der Waals surface area (Å²) in [6.07, 6.45) is 1.70. The van der Waals surface area contributed by atoms with Gasteiger partial charge in [0.2, 0.25) is 0 Å². The zero-order chi connectivity index (χ0) is 17.8. The summed E-state index contributed by atoms with van der Waals surface area (Å²) < 4.78 is 0. The predicted molar refractivity (Wildman–Crippen MR) is 101 cm³/mol. The molecule has 0 atom stereocenters. The number of aromatic nitrogens is 1. The van der Waals surface area contributed by atoms with E-state index in [1.807, 2.05) is 36.4 Å². The Hall–Kier alpha value is -2.86. The van der Waals surface area contributed by atoms with Gasteiger partial charge in [-0.3, -0.25) is 14.6 Å². The SMILES string of the molecule is CN(C)C(=O)Sc1cccc(NC(=O)c2cccc3ncccc23)c1. The first kappa shape index (κ1) is 17.0. The Bertz CT molecular complexity index is 935. The second kappa shape index (κ2) is 7.36. The minimum atomic E-state index is -0.209. The highest BCUT2D eigenvalue weighted by molar-refractivity contribution is 8.13. The molecule has 0 aliphatic carbocycles. The summed E-state index contributed by atoms with van der Waals surface area (Å²) >= 11 is 1.12. The van der Waals surface area contributed by atoms with E-state index >= 15 is 0 Å². The van der Waals surface area contributed by atoms with E-state index in [1.165, 1.54) is 4.90 Å². The molecule has 0 radical (unpaired) electrons. The quantitative estimate of drug-likeness (QED) is 0.716. The summed E-state index contributed by atoms with van der Waals surface area (Å²) in [7, 11) is 3.41. The highest BCUT2D eigenvalue weighted by Gasteiger charge is 2.12. The molecular formula is C19H17N3O2S. The van der Waals surface area contributed by atoms with Crippen LogP contribution in [0.25, 0.3) is 10.9 Å². The summed E-state index contributed by atoms with van der Waals surface area (Å²) in [6.45, 7) is 0. The van der Waals surface area contributed by atoms with Crippen LogP contribution in [0.3, 0.4) is 0 Å². The van der Waals surface area contributed by atoms with E-state index in [9.17, 15) is 9.59 Å². The van der Waals surface area contributed by atoms with Crippen LogP contribution in [0.4, 0.5) is 10.5 Å². The minimum absolute atomic E-state index is 0.0661. The van der Waals surface area contributed by atoms with Gasteiger partial charge < -0.3 is 10.2 Å². The summed E-state index contributed by atoms with van der Waals surface area (Å²) in [4.78, 5) is 31.0. The van der Waals surface area contributed by atoms with Crippen LogP contribution in [-0.4, -0.2) is 35.1 Å². The van der Waals surface area contributed by atoms with Gasteiger partial charge in [-0.15, -0.1) is 0 Å². The molecule has 126 valence electrons. The molecule has 3 rings (SSSR count). The van der Waals surface area contributed by atoms with Gasteiger partial charge in [-0.1, -0.05) is 18.2 Å². The molecule has 0 unspecified atom stereocenters. The van der Waals surface area contributed by atoms with Crippen molar-refractivity contribution >= 4 is 39.5 Å². The molecule has 25 heavy (non-hydrogen) atoms. The van der Waals surface area contributed by atoms with E-state index in [0.717, 1.165) is 27.6 Å². The second-order valence-electron chi connectivity index (χ2n) is 5.62. The summed E-state index contributed by atoms with van der Waals surface area (Å²) in [6, 6.07) is 16.4. The molecule has 1 heterocycles. The first-order valence-corrected chi connectivity index (χ1v) is 8.50. The minimum Gasteiger partial charge on any atom is -0.339 e. The van der Waals surface area contributed by atoms with Gasteiger partial charge >= 0.3 is 0 Å². The summed E-state index contributed by atoms with van der Waals surface area (Å²) in [5.74, 6) is -0.209. The maximum Gasteiger partial charge on any atom is 0.285 e. The summed E-state index contributed by atoms with van der Waals surface area (Å²) in [5.41, 5.74) is 1.98. The highest BCUT2D eigenvalue weighted by Crippen LogP contribution is 2.24. The smallest absolute Gasteiger partial charge is 0.285 e. The van der Waals surface area contributed by atoms with Crippen LogP contribution in [-0.2, 0) is 0 Å². The van der Waals surface area contributed by atoms with Crippen LogP contribution in [0.5, 0.6) is 0 Å². The average Bonchev–Trinajstić information content (AvgIpc) is 2.61. The van der Waals surface area contributed by atoms with Crippen molar-refractivity contribution in [1.82, 2.24) is 9.88 Å². The van der Waals surface area contributed by atoms with Crippen molar-refractivity contribution in [1.29, 1.82) is 0 Å². The van der Waals surface area contributed by atoms with Crippen LogP contribution in [0, 0.1) is 0 Å². The first-order valence-electron chi connectivity index (χ1n) is 7.69. The zero-order valence-corrected chi connectivity index (χ0v) is 14.7. The number of benzene rings is 2. The van der Waals surface area contributed by atoms with Crippen LogP contribution in [0.1, 0.15) is 10.4 Å². The van der Waals surface area contributed by atoms with E-state index in [4.69, 9.17) is 0 Å². The maximum absolute atomic E-state index is 12.6. The van der Waals surface area contributed by atoms with Gasteiger partial charge in [0.25, 0.3) is 11.1 Å². The molecule has 6 heteroatoms. The van der Waals surface area contributed by atoms with Gasteiger partial charge in [-0.05, 0) is 48.2 Å². The number of carbonyl (C=O) groups excluding carboxylic acids is 2. The Balaban J connectivity index is 1.82. The number of carbonyl (C=O) groups is 2. The molecule has 2 amide bonds. The molecule has 5 nitrogen and oxygen atoms in total. The van der Waals surface area contributed by atoms with Crippen molar-refractivity contribution in [2.24, 2.45) is 0 Å². The van der Waals surface area contributed by atoms with E-state index < -0.39 is 0 Å². The molecule has 0 fully saturated rings. The van der Waals surface area contributed by atoms with Gasteiger partial charge in [0.15, 0.2) is 0 Å². The van der Waals surface area contributed by atoms with Crippen LogP contribution < -0.4 is 5.32 Å². The van der Waals surface area contributed by atoms with E-state index in [-0.39, 0.29) is 11.1 Å². The largest absolute Gasteiger partial charge is 0.339 e. The number of anilines is 1. The fourth-order valence-electron chi connectivity index (χ4n) is 2.33. The molecule has 0 saturated heterocycles. The molecule has 0 saturated carbocycles. The van der Waals surface area contributed by atoms with E-state index in [2.05, 4.69) is 10.3 Å². The lowest BCUT2D eigenvalue weighted by Gasteiger charge is -2.11. The van der Waals surface area contributed by atoms with Crippen LogP contribution >= 0.6 is 11.8 Å². The Labute approximate surface area is 150 Å². The number of thioether (sulfide) groups is 1. The molecule has 3 aromatic rings. The topological polar surface area (TPSA) is 62.3 Å². The molecular weight excluding hydrogens is 334 g/mol. The van der Waals surface area contributed by atoms with Crippen molar-refractivity contribution in [3.63, 3.8) is 0 Å².